The molecule has 0 radical (unpaired) electrons. The fraction of sp³-hybridized carbons (Fsp3) is 0.935. The Morgan fingerprint density at radius 2 is 1.00 bits per heavy atom. The van der Waals surface area contributed by atoms with E-state index in [1.165, 1.54) is 83.5 Å². The molecule has 0 saturated heterocycles. The summed E-state index contributed by atoms with van der Waals surface area (Å²) in [5, 5.41) is 0. The van der Waals surface area contributed by atoms with Crippen LogP contribution in [-0.2, 0) is 28.2 Å². The highest BCUT2D eigenvalue weighted by atomic mass is 31.2. The van der Waals surface area contributed by atoms with Gasteiger partial charge in [0.05, 0.1) is 6.61 Å². The number of carbonyl (C=O) groups excluding carboxylic acids is 2. The Morgan fingerprint density at radius 3 is 1.41 bits per heavy atom. The molecule has 1 atom stereocenters. The molecule has 0 spiro atoms. The average Bonchev–Trinajstić information content (AvgIpc) is 2.93. The first-order valence-corrected chi connectivity index (χ1v) is 18.1. The van der Waals surface area contributed by atoms with Crippen molar-refractivity contribution < 1.29 is 37.9 Å². The maximum Gasteiger partial charge on any atom is 0.469 e. The molecule has 41 heavy (non-hydrogen) atoms. The van der Waals surface area contributed by atoms with Crippen molar-refractivity contribution in [2.24, 2.45) is 5.73 Å². The minimum Gasteiger partial charge on any atom is -0.462 e. The highest BCUT2D eigenvalue weighted by Gasteiger charge is 2.22. The number of phosphoric acid groups is 1. The second kappa shape index (κ2) is 29.1. The maximum atomic E-state index is 12.3. The van der Waals surface area contributed by atoms with E-state index in [0.29, 0.717) is 12.8 Å². The summed E-state index contributed by atoms with van der Waals surface area (Å²) >= 11 is 0. The summed E-state index contributed by atoms with van der Waals surface area (Å²) < 4.78 is 26.1. The summed E-state index contributed by atoms with van der Waals surface area (Å²) in [6.45, 7) is 2.18. The van der Waals surface area contributed by atoms with Crippen molar-refractivity contribution in [2.75, 3.05) is 19.8 Å². The lowest BCUT2D eigenvalue weighted by molar-refractivity contribution is -0.161. The van der Waals surface area contributed by atoms with E-state index >= 15 is 0 Å². The molecule has 4 N–H and O–H groups in total. The minimum atomic E-state index is -4.74. The van der Waals surface area contributed by atoms with E-state index in [9.17, 15) is 14.2 Å². The van der Waals surface area contributed by atoms with Crippen LogP contribution in [0.15, 0.2) is 0 Å². The monoisotopic (exact) mass is 607 g/mol. The summed E-state index contributed by atoms with van der Waals surface area (Å²) in [7, 11) is -4.74. The third kappa shape index (κ3) is 31.8. The molecule has 244 valence electrons. The van der Waals surface area contributed by atoms with Crippen molar-refractivity contribution in [2.45, 2.75) is 167 Å². The number of nitrogens with two attached hydrogens (primary N) is 1. The van der Waals surface area contributed by atoms with E-state index in [2.05, 4.69) is 11.4 Å². The van der Waals surface area contributed by atoms with Gasteiger partial charge < -0.3 is 25.0 Å². The molecule has 10 heteroatoms. The lowest BCUT2D eigenvalue weighted by Crippen LogP contribution is -2.29. The molecule has 0 aromatic rings. The number of esters is 2. The van der Waals surface area contributed by atoms with E-state index in [-0.39, 0.29) is 19.4 Å². The Morgan fingerprint density at radius 1 is 0.610 bits per heavy atom. The van der Waals surface area contributed by atoms with Crippen LogP contribution in [0, 0.1) is 0 Å². The van der Waals surface area contributed by atoms with Crippen LogP contribution in [0.3, 0.4) is 0 Å². The van der Waals surface area contributed by atoms with Gasteiger partial charge in [-0.05, 0) is 25.8 Å². The second-order valence-corrected chi connectivity index (χ2v) is 12.5. The predicted molar refractivity (Wildman–Crippen MR) is 164 cm³/mol. The van der Waals surface area contributed by atoms with Crippen LogP contribution in [0.4, 0.5) is 0 Å². The molecule has 0 aromatic carbocycles. The van der Waals surface area contributed by atoms with Crippen LogP contribution < -0.4 is 5.73 Å². The molecule has 0 unspecified atom stereocenters. The van der Waals surface area contributed by atoms with Crippen LogP contribution in [0.1, 0.15) is 161 Å². The van der Waals surface area contributed by atoms with Gasteiger partial charge in [-0.2, -0.15) is 0 Å². The van der Waals surface area contributed by atoms with Gasteiger partial charge in [-0.3, -0.25) is 14.1 Å². The van der Waals surface area contributed by atoms with Crippen LogP contribution >= 0.6 is 7.82 Å². The van der Waals surface area contributed by atoms with Crippen molar-refractivity contribution >= 4 is 19.8 Å². The zero-order valence-electron chi connectivity index (χ0n) is 26.0. The summed E-state index contributed by atoms with van der Waals surface area (Å²) in [6.07, 6.45) is 24.9. The highest BCUT2D eigenvalue weighted by molar-refractivity contribution is 7.46. The van der Waals surface area contributed by atoms with Gasteiger partial charge in [0.1, 0.15) is 6.61 Å². The lowest BCUT2D eigenvalue weighted by Gasteiger charge is -2.18. The van der Waals surface area contributed by atoms with Crippen molar-refractivity contribution in [1.29, 1.82) is 0 Å². The SMILES string of the molecule is CCCCCCCCCCCCCCCC(=O)O[C@@H](COC(=O)CCCCCCCCCCCN)COP(=O)(O)O. The number of hydrogen-bond acceptors (Lipinski definition) is 7. The van der Waals surface area contributed by atoms with Gasteiger partial charge in [0.25, 0.3) is 0 Å². The molecule has 9 nitrogen and oxygen atoms in total. The molecule has 0 aromatic heterocycles. The molecule has 0 rings (SSSR count). The molecule has 0 fully saturated rings. The first kappa shape index (κ1) is 40.0. The van der Waals surface area contributed by atoms with E-state index < -0.39 is 32.5 Å². The third-order valence-electron chi connectivity index (χ3n) is 7.23. The van der Waals surface area contributed by atoms with Gasteiger partial charge in [0.2, 0.25) is 0 Å². The van der Waals surface area contributed by atoms with Gasteiger partial charge in [0, 0.05) is 12.8 Å². The number of phosphoric ester groups is 1. The molecule has 0 bridgehead atoms. The summed E-state index contributed by atoms with van der Waals surface area (Å²) in [5.41, 5.74) is 5.50. The second-order valence-electron chi connectivity index (χ2n) is 11.3. The fourth-order valence-corrected chi connectivity index (χ4v) is 5.10. The predicted octanol–water partition coefficient (Wildman–Crippen LogP) is 7.89. The molecule has 0 aliphatic heterocycles. The quantitative estimate of drug-likeness (QED) is 0.0407. The molecule has 0 aliphatic rings. The largest absolute Gasteiger partial charge is 0.469 e. The number of unbranched alkanes of at least 4 members (excludes halogenated alkanes) is 20. The number of ether oxygens (including phenoxy) is 2. The van der Waals surface area contributed by atoms with Crippen molar-refractivity contribution in [3.8, 4) is 0 Å². The normalized spacial score (nSPS) is 12.4. The van der Waals surface area contributed by atoms with Gasteiger partial charge in [0.15, 0.2) is 6.10 Å². The summed E-state index contributed by atoms with van der Waals surface area (Å²) in [4.78, 5) is 42.4. The van der Waals surface area contributed by atoms with Crippen molar-refractivity contribution in [3.05, 3.63) is 0 Å². The van der Waals surface area contributed by atoms with Gasteiger partial charge in [-0.15, -0.1) is 0 Å². The Labute approximate surface area is 250 Å². The Hall–Kier alpha value is -0.990. The fourth-order valence-electron chi connectivity index (χ4n) is 4.74. The standard InChI is InChI=1S/C31H62NO8P/c1-2-3-4-5-6-7-8-9-10-12-16-19-22-25-31(34)40-29(28-39-41(35,36)37)27-38-30(33)24-21-18-15-13-11-14-17-20-23-26-32/h29H,2-28,32H2,1H3,(H2,35,36,37)/t29-/m0/s1. The van der Waals surface area contributed by atoms with Gasteiger partial charge in [-0.25, -0.2) is 4.57 Å². The summed E-state index contributed by atoms with van der Waals surface area (Å²) in [5.74, 6) is -0.896. The van der Waals surface area contributed by atoms with E-state index in [1.54, 1.807) is 0 Å². The van der Waals surface area contributed by atoms with E-state index in [1.807, 2.05) is 0 Å². The molecule has 0 heterocycles. The summed E-state index contributed by atoms with van der Waals surface area (Å²) in [6, 6.07) is 0. The number of carbonyl (C=O) groups is 2. The van der Waals surface area contributed by atoms with Crippen LogP contribution in [0.5, 0.6) is 0 Å². The zero-order chi connectivity index (χ0) is 30.4. The van der Waals surface area contributed by atoms with Crippen LogP contribution in [-0.4, -0.2) is 47.6 Å². The van der Waals surface area contributed by atoms with Gasteiger partial charge >= 0.3 is 19.8 Å². The molecule has 0 saturated carbocycles. The Bertz CT molecular complexity index is 658. The van der Waals surface area contributed by atoms with E-state index in [4.69, 9.17) is 25.0 Å². The van der Waals surface area contributed by atoms with Crippen molar-refractivity contribution in [3.63, 3.8) is 0 Å². The average molecular weight is 608 g/mol. The van der Waals surface area contributed by atoms with Gasteiger partial charge in [-0.1, -0.05) is 129 Å². The first-order valence-electron chi connectivity index (χ1n) is 16.5. The Balaban J connectivity index is 3.98. The number of rotatable bonds is 31. The first-order chi connectivity index (χ1) is 19.8. The minimum absolute atomic E-state index is 0.213. The molecular weight excluding hydrogens is 545 g/mol. The molecule has 0 aliphatic carbocycles. The smallest absolute Gasteiger partial charge is 0.462 e. The lowest BCUT2D eigenvalue weighted by atomic mass is 10.0. The maximum absolute atomic E-state index is 12.3. The molecule has 0 amide bonds. The zero-order valence-corrected chi connectivity index (χ0v) is 26.9. The highest BCUT2D eigenvalue weighted by Crippen LogP contribution is 2.35. The van der Waals surface area contributed by atoms with Crippen molar-refractivity contribution in [1.82, 2.24) is 0 Å². The third-order valence-corrected chi connectivity index (χ3v) is 7.71. The topological polar surface area (TPSA) is 145 Å². The van der Waals surface area contributed by atoms with Crippen LogP contribution in [0.25, 0.3) is 0 Å². The van der Waals surface area contributed by atoms with Crippen LogP contribution in [0.2, 0.25) is 0 Å². The van der Waals surface area contributed by atoms with E-state index in [0.717, 1.165) is 51.5 Å². The molecular formula is C31H62NO8P. The Kier molecular flexibility index (Phi) is 28.4. The number of hydrogen-bond donors (Lipinski definition) is 3.